The molecule has 1 unspecified atom stereocenters. The molecule has 0 saturated carbocycles. The van der Waals surface area contributed by atoms with E-state index in [4.69, 9.17) is 17.3 Å². The molecule has 126 valence electrons. The summed E-state index contributed by atoms with van der Waals surface area (Å²) in [5.41, 5.74) is 5.79. The van der Waals surface area contributed by atoms with Crippen molar-refractivity contribution >= 4 is 40.9 Å². The van der Waals surface area contributed by atoms with Gasteiger partial charge < -0.3 is 16.0 Å². The summed E-state index contributed by atoms with van der Waals surface area (Å²) in [6.45, 7) is 3.68. The minimum absolute atomic E-state index is 0.0989. The van der Waals surface area contributed by atoms with E-state index in [-0.39, 0.29) is 17.8 Å². The van der Waals surface area contributed by atoms with E-state index in [2.05, 4.69) is 15.3 Å². The van der Waals surface area contributed by atoms with Gasteiger partial charge in [0.1, 0.15) is 11.9 Å². The van der Waals surface area contributed by atoms with E-state index in [0.29, 0.717) is 23.9 Å². The number of halogens is 1. The Morgan fingerprint density at radius 1 is 1.42 bits per heavy atom. The number of nitrogen functional groups attached to an aromatic ring is 1. The lowest BCUT2D eigenvalue weighted by Crippen LogP contribution is -2.55. The number of nitrogens with zero attached hydrogens (tertiary/aromatic N) is 3. The van der Waals surface area contributed by atoms with Gasteiger partial charge in [-0.25, -0.2) is 4.98 Å². The molecule has 1 saturated heterocycles. The fraction of sp³-hybridized carbons (Fsp3) is 0.312. The van der Waals surface area contributed by atoms with Crippen molar-refractivity contribution in [3.8, 4) is 0 Å². The van der Waals surface area contributed by atoms with Crippen LogP contribution in [-0.2, 0) is 4.79 Å². The van der Waals surface area contributed by atoms with Gasteiger partial charge in [0.25, 0.3) is 0 Å². The Morgan fingerprint density at radius 2 is 2.17 bits per heavy atom. The van der Waals surface area contributed by atoms with Crippen molar-refractivity contribution in [3.63, 3.8) is 0 Å². The van der Waals surface area contributed by atoms with E-state index < -0.39 is 0 Å². The highest BCUT2D eigenvalue weighted by Gasteiger charge is 2.29. The summed E-state index contributed by atoms with van der Waals surface area (Å²) in [5.74, 6) is 0.997. The SMILES string of the molecule is CC(=O)C1CNCCN1c1nc(N)ncc1Sc1ccc(Cl)cc1. The third-order valence-electron chi connectivity index (χ3n) is 3.78. The molecule has 8 heteroatoms. The molecule has 0 radical (unpaired) electrons. The molecule has 0 amide bonds. The fourth-order valence-electron chi connectivity index (χ4n) is 2.60. The maximum absolute atomic E-state index is 12.0. The number of carbonyl (C=O) groups excluding carboxylic acids is 1. The number of aromatic nitrogens is 2. The molecule has 1 aromatic carbocycles. The molecule has 1 fully saturated rings. The van der Waals surface area contributed by atoms with Crippen LogP contribution in [0, 0.1) is 0 Å². The van der Waals surface area contributed by atoms with Crippen LogP contribution < -0.4 is 16.0 Å². The fourth-order valence-corrected chi connectivity index (χ4v) is 3.62. The Hall–Kier alpha value is -1.83. The zero-order valence-corrected chi connectivity index (χ0v) is 14.8. The monoisotopic (exact) mass is 363 g/mol. The number of benzene rings is 1. The van der Waals surface area contributed by atoms with Crippen LogP contribution in [0.1, 0.15) is 6.92 Å². The molecule has 6 nitrogen and oxygen atoms in total. The summed E-state index contributed by atoms with van der Waals surface area (Å²) < 4.78 is 0. The van der Waals surface area contributed by atoms with Gasteiger partial charge >= 0.3 is 0 Å². The summed E-state index contributed by atoms with van der Waals surface area (Å²) in [4.78, 5) is 24.4. The van der Waals surface area contributed by atoms with Crippen molar-refractivity contribution in [2.45, 2.75) is 22.8 Å². The number of rotatable bonds is 4. The molecule has 24 heavy (non-hydrogen) atoms. The summed E-state index contributed by atoms with van der Waals surface area (Å²) >= 11 is 7.47. The van der Waals surface area contributed by atoms with Gasteiger partial charge in [0.15, 0.2) is 5.78 Å². The molecule has 2 heterocycles. The zero-order valence-electron chi connectivity index (χ0n) is 13.2. The summed E-state index contributed by atoms with van der Waals surface area (Å²) in [7, 11) is 0. The van der Waals surface area contributed by atoms with E-state index in [9.17, 15) is 4.79 Å². The number of carbonyl (C=O) groups is 1. The lowest BCUT2D eigenvalue weighted by molar-refractivity contribution is -0.118. The minimum Gasteiger partial charge on any atom is -0.368 e. The van der Waals surface area contributed by atoms with Crippen LogP contribution in [0.15, 0.2) is 40.3 Å². The third-order valence-corrected chi connectivity index (χ3v) is 5.05. The second-order valence-corrected chi connectivity index (χ2v) is 7.05. The highest BCUT2D eigenvalue weighted by molar-refractivity contribution is 7.99. The van der Waals surface area contributed by atoms with Gasteiger partial charge in [-0.2, -0.15) is 4.98 Å². The van der Waals surface area contributed by atoms with Crippen molar-refractivity contribution in [2.24, 2.45) is 0 Å². The van der Waals surface area contributed by atoms with Gasteiger partial charge in [0.2, 0.25) is 5.95 Å². The second-order valence-electron chi connectivity index (χ2n) is 5.50. The van der Waals surface area contributed by atoms with E-state index in [1.807, 2.05) is 29.2 Å². The van der Waals surface area contributed by atoms with Crippen LogP contribution in [0.2, 0.25) is 5.02 Å². The van der Waals surface area contributed by atoms with Crippen molar-refractivity contribution in [1.29, 1.82) is 0 Å². The van der Waals surface area contributed by atoms with Gasteiger partial charge in [-0.15, -0.1) is 0 Å². The number of hydrogen-bond donors (Lipinski definition) is 2. The molecule has 0 aliphatic carbocycles. The van der Waals surface area contributed by atoms with Crippen LogP contribution in [0.4, 0.5) is 11.8 Å². The molecule has 1 aliphatic heterocycles. The highest BCUT2D eigenvalue weighted by Crippen LogP contribution is 2.35. The van der Waals surface area contributed by atoms with Gasteiger partial charge in [-0.05, 0) is 31.2 Å². The van der Waals surface area contributed by atoms with Crippen LogP contribution in [0.5, 0.6) is 0 Å². The number of Topliss-reactive ketones (excluding diaryl/α,β-unsaturated/α-hetero) is 1. The molecular formula is C16H18ClN5OS. The molecule has 1 aliphatic rings. The number of piperazine rings is 1. The number of hydrogen-bond acceptors (Lipinski definition) is 7. The van der Waals surface area contributed by atoms with Crippen molar-refractivity contribution in [3.05, 3.63) is 35.5 Å². The summed E-state index contributed by atoms with van der Waals surface area (Å²) in [5, 5.41) is 3.93. The molecule has 1 atom stereocenters. The maximum atomic E-state index is 12.0. The number of anilines is 2. The first-order chi connectivity index (χ1) is 11.5. The van der Waals surface area contributed by atoms with Crippen molar-refractivity contribution < 1.29 is 4.79 Å². The first-order valence-electron chi connectivity index (χ1n) is 7.58. The minimum atomic E-state index is -0.252. The van der Waals surface area contributed by atoms with E-state index in [0.717, 1.165) is 16.3 Å². The van der Waals surface area contributed by atoms with Crippen LogP contribution in [0.3, 0.4) is 0 Å². The maximum Gasteiger partial charge on any atom is 0.222 e. The zero-order chi connectivity index (χ0) is 17.1. The lowest BCUT2D eigenvalue weighted by Gasteiger charge is -2.36. The number of ketones is 1. The van der Waals surface area contributed by atoms with Crippen molar-refractivity contribution in [2.75, 3.05) is 30.3 Å². The highest BCUT2D eigenvalue weighted by atomic mass is 35.5. The summed E-state index contributed by atoms with van der Waals surface area (Å²) in [6, 6.07) is 7.30. The predicted octanol–water partition coefficient (Wildman–Crippen LogP) is 2.23. The standard InChI is InChI=1S/C16H18ClN5OS/c1-10(23)13-8-19-6-7-22(13)15-14(9-20-16(18)21-15)24-12-4-2-11(17)3-5-12/h2-5,9,13,19H,6-8H2,1H3,(H2,18,20,21). The smallest absolute Gasteiger partial charge is 0.222 e. The third kappa shape index (κ3) is 3.80. The van der Waals surface area contributed by atoms with E-state index >= 15 is 0 Å². The largest absolute Gasteiger partial charge is 0.368 e. The Kier molecular flexibility index (Phi) is 5.23. The Bertz CT molecular complexity index is 740. The predicted molar refractivity (Wildman–Crippen MR) is 96.7 cm³/mol. The molecule has 3 rings (SSSR count). The van der Waals surface area contributed by atoms with Gasteiger partial charge in [-0.1, -0.05) is 23.4 Å². The Morgan fingerprint density at radius 3 is 2.88 bits per heavy atom. The molecular weight excluding hydrogens is 346 g/mol. The first-order valence-corrected chi connectivity index (χ1v) is 8.78. The van der Waals surface area contributed by atoms with E-state index in [1.165, 1.54) is 11.8 Å². The average molecular weight is 364 g/mol. The summed E-state index contributed by atoms with van der Waals surface area (Å²) in [6.07, 6.45) is 1.70. The van der Waals surface area contributed by atoms with Gasteiger partial charge in [0, 0.05) is 35.7 Å². The Labute approximate surface area is 149 Å². The normalized spacial score (nSPS) is 17.8. The van der Waals surface area contributed by atoms with Crippen LogP contribution in [-0.4, -0.2) is 41.4 Å². The van der Waals surface area contributed by atoms with E-state index in [1.54, 1.807) is 13.1 Å². The molecule has 0 bridgehead atoms. The van der Waals surface area contributed by atoms with Crippen molar-refractivity contribution in [1.82, 2.24) is 15.3 Å². The van der Waals surface area contributed by atoms with Gasteiger partial charge in [-0.3, -0.25) is 4.79 Å². The topological polar surface area (TPSA) is 84.1 Å². The number of nitrogens with one attached hydrogen (secondary N) is 1. The lowest BCUT2D eigenvalue weighted by atomic mass is 10.1. The second kappa shape index (κ2) is 7.38. The number of nitrogens with two attached hydrogens (primary N) is 1. The molecule has 1 aromatic heterocycles. The molecule has 3 N–H and O–H groups in total. The quantitative estimate of drug-likeness (QED) is 0.861. The molecule has 0 spiro atoms. The first kappa shape index (κ1) is 17.0. The van der Waals surface area contributed by atoms with Gasteiger partial charge in [0.05, 0.1) is 4.90 Å². The van der Waals surface area contributed by atoms with Crippen LogP contribution >= 0.6 is 23.4 Å². The average Bonchev–Trinajstić information content (AvgIpc) is 2.58. The van der Waals surface area contributed by atoms with Crippen LogP contribution in [0.25, 0.3) is 0 Å². The Balaban J connectivity index is 1.95. The molecule has 2 aromatic rings.